The number of benzene rings is 1. The molecule has 0 saturated carbocycles. The summed E-state index contributed by atoms with van der Waals surface area (Å²) in [5, 5.41) is 18.1. The molecule has 0 unspecified atom stereocenters. The highest BCUT2D eigenvalue weighted by molar-refractivity contribution is 5.94. The van der Waals surface area contributed by atoms with E-state index in [1.54, 1.807) is 56.7 Å². The molecular weight excluding hydrogens is 306 g/mol. The van der Waals surface area contributed by atoms with E-state index in [2.05, 4.69) is 4.99 Å². The van der Waals surface area contributed by atoms with Crippen molar-refractivity contribution in [2.24, 2.45) is 4.99 Å². The second-order valence-electron chi connectivity index (χ2n) is 5.06. The van der Waals surface area contributed by atoms with Gasteiger partial charge in [0, 0.05) is 17.3 Å². The molecule has 0 bridgehead atoms. The van der Waals surface area contributed by atoms with Crippen molar-refractivity contribution >= 4 is 17.9 Å². The largest absolute Gasteiger partial charge is 0.508 e. The number of carboxylic acids is 1. The van der Waals surface area contributed by atoms with Crippen molar-refractivity contribution in [3.8, 4) is 5.75 Å². The zero-order valence-corrected chi connectivity index (χ0v) is 14.2. The molecule has 24 heavy (non-hydrogen) atoms. The van der Waals surface area contributed by atoms with E-state index >= 15 is 0 Å². The zero-order chi connectivity index (χ0) is 17.9. The number of rotatable bonds is 7. The number of hydrogen-bond acceptors (Lipinski definition) is 4. The zero-order valence-electron chi connectivity index (χ0n) is 14.2. The molecule has 0 fully saturated rings. The van der Waals surface area contributed by atoms with Gasteiger partial charge in [-0.15, -0.1) is 0 Å². The Balaban J connectivity index is 2.85. The van der Waals surface area contributed by atoms with Crippen LogP contribution in [0, 0.1) is 0 Å². The molecule has 0 spiro atoms. The van der Waals surface area contributed by atoms with Crippen LogP contribution in [0.15, 0.2) is 58.8 Å². The van der Waals surface area contributed by atoms with Crippen LogP contribution < -0.4 is 0 Å². The normalized spacial score (nSPS) is 13.4. The Morgan fingerprint density at radius 2 is 1.92 bits per heavy atom. The number of aliphatic carboxylic acids is 1. The average molecular weight is 329 g/mol. The first-order chi connectivity index (χ1) is 11.5. The van der Waals surface area contributed by atoms with Gasteiger partial charge in [0.05, 0.1) is 7.11 Å². The Labute approximate surface area is 142 Å². The molecule has 0 radical (unpaired) electrons. The average Bonchev–Trinajstić information content (AvgIpc) is 2.57. The highest BCUT2D eigenvalue weighted by Gasteiger charge is 2.04. The maximum atomic E-state index is 10.8. The summed E-state index contributed by atoms with van der Waals surface area (Å²) in [6, 6.07) is 6.78. The molecular formula is C19H23NO4. The predicted molar refractivity (Wildman–Crippen MR) is 96.0 cm³/mol. The number of ether oxygens (including phenoxy) is 1. The van der Waals surface area contributed by atoms with E-state index in [0.29, 0.717) is 17.9 Å². The lowest BCUT2D eigenvalue weighted by atomic mass is 10.1. The first-order valence-corrected chi connectivity index (χ1v) is 7.64. The van der Waals surface area contributed by atoms with Crippen LogP contribution in [0.2, 0.25) is 0 Å². The van der Waals surface area contributed by atoms with Crippen LogP contribution in [0.1, 0.15) is 32.3 Å². The lowest BCUT2D eigenvalue weighted by Crippen LogP contribution is -2.04. The Morgan fingerprint density at radius 1 is 1.25 bits per heavy atom. The van der Waals surface area contributed by atoms with Gasteiger partial charge in [-0.1, -0.05) is 31.2 Å². The van der Waals surface area contributed by atoms with Gasteiger partial charge >= 0.3 is 5.97 Å². The minimum atomic E-state index is -0.918. The van der Waals surface area contributed by atoms with E-state index in [9.17, 15) is 9.90 Å². The van der Waals surface area contributed by atoms with Gasteiger partial charge in [0.1, 0.15) is 5.75 Å². The van der Waals surface area contributed by atoms with Gasteiger partial charge in [-0.25, -0.2) is 9.79 Å². The standard InChI is InChI=1S/C19H23NO4/c1-4-16(7-5-6-14(2)19(22)23)18(24-3)20-13-12-15-8-10-17(21)11-9-15/h6-13,21H,4-5H2,1-3H3,(H,22,23)/b13-12+,14-6+,16-7+,20-18-. The van der Waals surface area contributed by atoms with Crippen molar-refractivity contribution in [1.82, 2.24) is 0 Å². The number of phenolic OH excluding ortho intramolecular Hbond substituents is 1. The van der Waals surface area contributed by atoms with Gasteiger partial charge in [-0.3, -0.25) is 0 Å². The third kappa shape index (κ3) is 6.52. The summed E-state index contributed by atoms with van der Waals surface area (Å²) in [7, 11) is 1.55. The lowest BCUT2D eigenvalue weighted by molar-refractivity contribution is -0.132. The van der Waals surface area contributed by atoms with Crippen molar-refractivity contribution in [3.63, 3.8) is 0 Å². The quantitative estimate of drug-likeness (QED) is 0.447. The molecule has 1 aromatic rings. The first-order valence-electron chi connectivity index (χ1n) is 7.64. The Hall–Kier alpha value is -2.82. The van der Waals surface area contributed by atoms with Crippen LogP contribution in [0.4, 0.5) is 0 Å². The molecule has 0 heterocycles. The van der Waals surface area contributed by atoms with Crippen molar-refractivity contribution in [3.05, 3.63) is 59.3 Å². The fraction of sp³-hybridized carbons (Fsp3) is 0.263. The van der Waals surface area contributed by atoms with Crippen LogP contribution in [0.25, 0.3) is 6.08 Å². The summed E-state index contributed by atoms with van der Waals surface area (Å²) < 4.78 is 5.32. The summed E-state index contributed by atoms with van der Waals surface area (Å²) in [6.07, 6.45) is 8.22. The van der Waals surface area contributed by atoms with E-state index < -0.39 is 5.97 Å². The molecule has 0 amide bonds. The van der Waals surface area contributed by atoms with Crippen LogP contribution in [0.3, 0.4) is 0 Å². The van der Waals surface area contributed by atoms with Crippen molar-refractivity contribution in [2.75, 3.05) is 7.11 Å². The maximum absolute atomic E-state index is 10.8. The SMILES string of the molecule is CCC(=C\C/C=C(\C)C(=O)O)/C(=N/C=C/c1ccc(O)cc1)OC. The third-order valence-corrected chi connectivity index (χ3v) is 3.33. The van der Waals surface area contributed by atoms with E-state index in [1.807, 2.05) is 13.0 Å². The molecule has 0 aliphatic rings. The van der Waals surface area contributed by atoms with Crippen LogP contribution >= 0.6 is 0 Å². The van der Waals surface area contributed by atoms with Gasteiger partial charge < -0.3 is 14.9 Å². The van der Waals surface area contributed by atoms with E-state index in [-0.39, 0.29) is 5.75 Å². The second kappa shape index (κ2) is 10.0. The molecule has 0 aromatic heterocycles. The fourth-order valence-corrected chi connectivity index (χ4v) is 1.89. The number of carbonyl (C=O) groups is 1. The third-order valence-electron chi connectivity index (χ3n) is 3.33. The molecule has 0 atom stereocenters. The van der Waals surface area contributed by atoms with Gasteiger partial charge in [-0.05, 0) is 43.5 Å². The Morgan fingerprint density at radius 3 is 2.46 bits per heavy atom. The molecule has 128 valence electrons. The minimum absolute atomic E-state index is 0.217. The summed E-state index contributed by atoms with van der Waals surface area (Å²) in [6.45, 7) is 3.55. The number of allylic oxidation sites excluding steroid dienone is 2. The molecule has 0 aliphatic heterocycles. The molecule has 0 saturated heterocycles. The monoisotopic (exact) mass is 329 g/mol. The number of aromatic hydroxyl groups is 1. The van der Waals surface area contributed by atoms with E-state index in [1.165, 1.54) is 0 Å². The summed E-state index contributed by atoms with van der Waals surface area (Å²) >= 11 is 0. The highest BCUT2D eigenvalue weighted by atomic mass is 16.5. The van der Waals surface area contributed by atoms with Crippen LogP contribution in [-0.2, 0) is 9.53 Å². The van der Waals surface area contributed by atoms with Gasteiger partial charge in [-0.2, -0.15) is 0 Å². The van der Waals surface area contributed by atoms with Gasteiger partial charge in [0.2, 0.25) is 5.90 Å². The minimum Gasteiger partial charge on any atom is -0.508 e. The summed E-state index contributed by atoms with van der Waals surface area (Å²) in [4.78, 5) is 15.1. The number of phenols is 1. The number of methoxy groups -OCH3 is 1. The number of hydrogen-bond donors (Lipinski definition) is 2. The van der Waals surface area contributed by atoms with E-state index in [4.69, 9.17) is 9.84 Å². The smallest absolute Gasteiger partial charge is 0.330 e. The highest BCUT2D eigenvalue weighted by Crippen LogP contribution is 2.12. The number of nitrogens with zero attached hydrogens (tertiary/aromatic N) is 1. The van der Waals surface area contributed by atoms with Gasteiger partial charge in [0.25, 0.3) is 0 Å². The molecule has 5 nitrogen and oxygen atoms in total. The topological polar surface area (TPSA) is 79.1 Å². The molecule has 2 N–H and O–H groups in total. The molecule has 1 rings (SSSR count). The van der Waals surface area contributed by atoms with Crippen molar-refractivity contribution in [2.45, 2.75) is 26.7 Å². The first kappa shape index (κ1) is 19.2. The summed E-state index contributed by atoms with van der Waals surface area (Å²) in [5.41, 5.74) is 2.13. The predicted octanol–water partition coefficient (Wildman–Crippen LogP) is 4.17. The molecule has 1 aromatic carbocycles. The van der Waals surface area contributed by atoms with Crippen LogP contribution in [-0.4, -0.2) is 29.2 Å². The number of carboxylic acid groups (broad SMARTS) is 1. The van der Waals surface area contributed by atoms with Crippen LogP contribution in [0.5, 0.6) is 5.75 Å². The van der Waals surface area contributed by atoms with E-state index in [0.717, 1.165) is 17.6 Å². The Kier molecular flexibility index (Phi) is 8.05. The molecule has 0 aliphatic carbocycles. The summed E-state index contributed by atoms with van der Waals surface area (Å²) in [5.74, 6) is -0.207. The lowest BCUT2D eigenvalue weighted by Gasteiger charge is -2.06. The maximum Gasteiger partial charge on any atom is 0.330 e. The van der Waals surface area contributed by atoms with Gasteiger partial charge in [0.15, 0.2) is 0 Å². The number of aliphatic imine (C=N–C) groups is 1. The second-order valence-corrected chi connectivity index (χ2v) is 5.06. The van der Waals surface area contributed by atoms with Crippen molar-refractivity contribution in [1.29, 1.82) is 0 Å². The fourth-order valence-electron chi connectivity index (χ4n) is 1.89. The molecule has 5 heteroatoms. The Bertz CT molecular complexity index is 667. The van der Waals surface area contributed by atoms with Crippen molar-refractivity contribution < 1.29 is 19.7 Å².